The van der Waals surface area contributed by atoms with Crippen molar-refractivity contribution in [2.24, 2.45) is 0 Å². The lowest BCUT2D eigenvalue weighted by Crippen LogP contribution is -2.23. The van der Waals surface area contributed by atoms with Crippen LogP contribution in [0.1, 0.15) is 10.4 Å². The van der Waals surface area contributed by atoms with Gasteiger partial charge in [-0.25, -0.2) is 9.67 Å². The minimum atomic E-state index is -1.41. The summed E-state index contributed by atoms with van der Waals surface area (Å²) < 4.78 is 1.62. The molecule has 132 valence electrons. The zero-order valence-corrected chi connectivity index (χ0v) is 14.8. The van der Waals surface area contributed by atoms with Crippen LogP contribution in [0.4, 0.5) is 5.69 Å². The maximum atomic E-state index is 12.0. The Morgan fingerprint density at radius 2 is 1.96 bits per heavy atom. The number of amides is 1. The Morgan fingerprint density at radius 3 is 2.69 bits per heavy atom. The molecule has 1 aromatic heterocycles. The molecule has 0 saturated heterocycles. The number of rotatable bonds is 6. The number of aromatic carboxylic acids is 1. The number of aromatic nitrogens is 3. The van der Waals surface area contributed by atoms with Gasteiger partial charge in [-0.05, 0) is 30.3 Å². The van der Waals surface area contributed by atoms with Crippen LogP contribution < -0.4 is 10.4 Å². The van der Waals surface area contributed by atoms with Crippen molar-refractivity contribution in [1.82, 2.24) is 14.8 Å². The van der Waals surface area contributed by atoms with Crippen molar-refractivity contribution in [3.63, 3.8) is 0 Å². The van der Waals surface area contributed by atoms with Gasteiger partial charge in [-0.2, -0.15) is 0 Å². The molecular formula is C17H12ClN4O3S-. The lowest BCUT2D eigenvalue weighted by molar-refractivity contribution is -0.255. The Bertz CT molecular complexity index is 946. The molecule has 1 amide bonds. The third kappa shape index (κ3) is 4.41. The highest BCUT2D eigenvalue weighted by Crippen LogP contribution is 2.21. The van der Waals surface area contributed by atoms with Crippen molar-refractivity contribution in [3.8, 4) is 5.69 Å². The SMILES string of the molecule is O=C(CSc1ncn(-c2ccccc2)n1)Nc1ccc(Cl)c(C(=O)[O-])c1. The third-order valence-electron chi connectivity index (χ3n) is 3.29. The molecule has 0 unspecified atom stereocenters. The van der Waals surface area contributed by atoms with Crippen LogP contribution in [-0.2, 0) is 4.79 Å². The van der Waals surface area contributed by atoms with Gasteiger partial charge in [0.15, 0.2) is 0 Å². The first-order valence-corrected chi connectivity index (χ1v) is 8.80. The maximum absolute atomic E-state index is 12.0. The van der Waals surface area contributed by atoms with E-state index in [1.807, 2.05) is 30.3 Å². The third-order valence-corrected chi connectivity index (χ3v) is 4.48. The molecule has 3 aromatic rings. The van der Waals surface area contributed by atoms with Crippen molar-refractivity contribution in [3.05, 3.63) is 65.4 Å². The molecule has 1 heterocycles. The predicted octanol–water partition coefficient (Wildman–Crippen LogP) is 2.01. The number of carboxylic acids is 1. The fourth-order valence-corrected chi connectivity index (χ4v) is 2.90. The fraction of sp³-hybridized carbons (Fsp3) is 0.0588. The van der Waals surface area contributed by atoms with E-state index >= 15 is 0 Å². The minimum Gasteiger partial charge on any atom is -0.545 e. The number of anilines is 1. The van der Waals surface area contributed by atoms with Gasteiger partial charge in [0, 0.05) is 16.3 Å². The second-order valence-corrected chi connectivity index (χ2v) is 6.48. The van der Waals surface area contributed by atoms with Gasteiger partial charge in [-0.3, -0.25) is 4.79 Å². The maximum Gasteiger partial charge on any atom is 0.234 e. The monoisotopic (exact) mass is 387 g/mol. The lowest BCUT2D eigenvalue weighted by atomic mass is 10.2. The molecule has 0 aliphatic heterocycles. The summed E-state index contributed by atoms with van der Waals surface area (Å²) in [6.07, 6.45) is 1.57. The standard InChI is InChI=1S/C17H13ClN4O3S/c18-14-7-6-11(8-13(14)16(24)25)20-15(23)9-26-17-19-10-22(21-17)12-4-2-1-3-5-12/h1-8,10H,9H2,(H,20,23)(H,24,25)/p-1. The van der Waals surface area contributed by atoms with E-state index in [0.717, 1.165) is 5.69 Å². The van der Waals surface area contributed by atoms with E-state index in [4.69, 9.17) is 11.6 Å². The largest absolute Gasteiger partial charge is 0.545 e. The Balaban J connectivity index is 1.59. The minimum absolute atomic E-state index is 0.0491. The molecule has 7 nitrogen and oxygen atoms in total. The number of carbonyl (C=O) groups excluding carboxylic acids is 2. The van der Waals surface area contributed by atoms with Crippen molar-refractivity contribution >= 4 is 40.9 Å². The number of thioether (sulfide) groups is 1. The Kier molecular flexibility index (Phi) is 5.55. The van der Waals surface area contributed by atoms with Crippen molar-refractivity contribution in [2.45, 2.75) is 5.16 Å². The van der Waals surface area contributed by atoms with Gasteiger partial charge in [-0.15, -0.1) is 5.10 Å². The summed E-state index contributed by atoms with van der Waals surface area (Å²) in [6.45, 7) is 0. The molecule has 26 heavy (non-hydrogen) atoms. The molecule has 0 aliphatic rings. The van der Waals surface area contributed by atoms with Crippen LogP contribution in [0.25, 0.3) is 5.69 Å². The van der Waals surface area contributed by atoms with Crippen LogP contribution >= 0.6 is 23.4 Å². The molecule has 0 radical (unpaired) electrons. The number of carboxylic acid groups (broad SMARTS) is 1. The van der Waals surface area contributed by atoms with E-state index in [2.05, 4.69) is 15.4 Å². The summed E-state index contributed by atoms with van der Waals surface area (Å²) >= 11 is 6.93. The van der Waals surface area contributed by atoms with E-state index in [9.17, 15) is 14.7 Å². The quantitative estimate of drug-likeness (QED) is 0.649. The van der Waals surface area contributed by atoms with E-state index in [0.29, 0.717) is 10.8 Å². The number of hydrogen-bond acceptors (Lipinski definition) is 6. The van der Waals surface area contributed by atoms with Crippen LogP contribution in [-0.4, -0.2) is 32.4 Å². The average molecular weight is 388 g/mol. The Labute approximate surface area is 158 Å². The number of benzene rings is 2. The molecule has 3 rings (SSSR count). The molecular weight excluding hydrogens is 376 g/mol. The van der Waals surface area contributed by atoms with Gasteiger partial charge in [0.25, 0.3) is 0 Å². The number of para-hydroxylation sites is 1. The lowest BCUT2D eigenvalue weighted by Gasteiger charge is -2.09. The first-order chi connectivity index (χ1) is 12.5. The molecule has 1 N–H and O–H groups in total. The predicted molar refractivity (Wildman–Crippen MR) is 96.5 cm³/mol. The van der Waals surface area contributed by atoms with Gasteiger partial charge >= 0.3 is 0 Å². The highest BCUT2D eigenvalue weighted by Gasteiger charge is 2.09. The smallest absolute Gasteiger partial charge is 0.234 e. The van der Waals surface area contributed by atoms with Gasteiger partial charge in [-0.1, -0.05) is 41.6 Å². The van der Waals surface area contributed by atoms with Crippen LogP contribution in [0.2, 0.25) is 5.02 Å². The van der Waals surface area contributed by atoms with Crippen LogP contribution in [0.5, 0.6) is 0 Å². The molecule has 0 fully saturated rings. The number of hydrogen-bond donors (Lipinski definition) is 1. The number of nitrogens with zero attached hydrogens (tertiary/aromatic N) is 3. The second kappa shape index (κ2) is 8.03. The molecule has 0 aliphatic carbocycles. The van der Waals surface area contributed by atoms with Crippen LogP contribution in [0, 0.1) is 0 Å². The zero-order chi connectivity index (χ0) is 18.5. The molecule has 9 heteroatoms. The van der Waals surface area contributed by atoms with Gasteiger partial charge in [0.1, 0.15) is 6.33 Å². The van der Waals surface area contributed by atoms with Gasteiger partial charge in [0.05, 0.1) is 17.4 Å². The topological polar surface area (TPSA) is 99.9 Å². The van der Waals surface area contributed by atoms with Crippen molar-refractivity contribution in [2.75, 3.05) is 11.1 Å². The highest BCUT2D eigenvalue weighted by atomic mass is 35.5. The first kappa shape index (κ1) is 18.0. The van der Waals surface area contributed by atoms with Crippen molar-refractivity contribution < 1.29 is 14.7 Å². The van der Waals surface area contributed by atoms with Crippen molar-refractivity contribution in [1.29, 1.82) is 0 Å². The van der Waals surface area contributed by atoms with E-state index in [1.54, 1.807) is 11.0 Å². The van der Waals surface area contributed by atoms with Crippen LogP contribution in [0.3, 0.4) is 0 Å². The summed E-state index contributed by atoms with van der Waals surface area (Å²) in [4.78, 5) is 27.1. The molecule has 0 atom stereocenters. The summed E-state index contributed by atoms with van der Waals surface area (Å²) in [5.74, 6) is -1.66. The number of halogens is 1. The Morgan fingerprint density at radius 1 is 1.19 bits per heavy atom. The summed E-state index contributed by atoms with van der Waals surface area (Å²) in [5, 5.41) is 18.4. The number of carbonyl (C=O) groups is 2. The summed E-state index contributed by atoms with van der Waals surface area (Å²) in [7, 11) is 0. The summed E-state index contributed by atoms with van der Waals surface area (Å²) in [6, 6.07) is 13.6. The van der Waals surface area contributed by atoms with E-state index in [-0.39, 0.29) is 22.2 Å². The molecule has 0 saturated carbocycles. The van der Waals surface area contributed by atoms with E-state index < -0.39 is 5.97 Å². The van der Waals surface area contributed by atoms with Crippen LogP contribution in [0.15, 0.2) is 60.0 Å². The van der Waals surface area contributed by atoms with Gasteiger partial charge < -0.3 is 15.2 Å². The zero-order valence-electron chi connectivity index (χ0n) is 13.3. The number of nitrogens with one attached hydrogen (secondary N) is 1. The fourth-order valence-electron chi connectivity index (χ4n) is 2.11. The normalized spacial score (nSPS) is 10.5. The highest BCUT2D eigenvalue weighted by molar-refractivity contribution is 7.99. The summed E-state index contributed by atoms with van der Waals surface area (Å²) in [5.41, 5.74) is 1.01. The molecule has 0 bridgehead atoms. The van der Waals surface area contributed by atoms with Gasteiger partial charge in [0.2, 0.25) is 11.1 Å². The Hall–Kier alpha value is -2.84. The molecule has 0 spiro atoms. The average Bonchev–Trinajstić information content (AvgIpc) is 3.11. The van der Waals surface area contributed by atoms with E-state index in [1.165, 1.54) is 30.0 Å². The first-order valence-electron chi connectivity index (χ1n) is 7.43. The second-order valence-electron chi connectivity index (χ2n) is 5.13. The molecule has 2 aromatic carbocycles.